The van der Waals surface area contributed by atoms with Gasteiger partial charge in [0.1, 0.15) is 0 Å². The predicted molar refractivity (Wildman–Crippen MR) is 68.5 cm³/mol. The highest BCUT2D eigenvalue weighted by molar-refractivity contribution is 4.83. The molecule has 3 nitrogen and oxygen atoms in total. The van der Waals surface area contributed by atoms with Gasteiger partial charge >= 0.3 is 0 Å². The topological polar surface area (TPSA) is 41.3 Å². The number of nitrogens with one attached hydrogen (secondary N) is 1. The molecule has 94 valence electrons. The van der Waals surface area contributed by atoms with Crippen molar-refractivity contribution in [1.82, 2.24) is 10.2 Å². The summed E-state index contributed by atoms with van der Waals surface area (Å²) < 4.78 is 0. The normalized spacial score (nSPS) is 38.2. The minimum absolute atomic E-state index is 0.471. The van der Waals surface area contributed by atoms with Gasteiger partial charge in [-0.1, -0.05) is 0 Å². The molecule has 1 saturated carbocycles. The molecule has 1 saturated heterocycles. The smallest absolute Gasteiger partial charge is 0.00823 e. The fourth-order valence-electron chi connectivity index (χ4n) is 3.03. The Morgan fingerprint density at radius 3 is 2.38 bits per heavy atom. The molecule has 3 N–H and O–H groups in total. The largest absolute Gasteiger partial charge is 0.328 e. The highest BCUT2D eigenvalue weighted by atomic mass is 15.1. The third kappa shape index (κ3) is 3.72. The summed E-state index contributed by atoms with van der Waals surface area (Å²) in [5, 5.41) is 3.86. The number of nitrogens with zero attached hydrogens (tertiary/aromatic N) is 1. The minimum Gasteiger partial charge on any atom is -0.328 e. The zero-order valence-corrected chi connectivity index (χ0v) is 10.6. The fraction of sp³-hybridized carbons (Fsp3) is 1.00. The Bertz CT molecular complexity index is 199. The standard InChI is InChI=1S/C13H27N3/c1-16-9-2-3-12(8-10-16)15-13-6-4-11(14)5-7-13/h11-13,15H,2-10,14H2,1H3. The summed E-state index contributed by atoms with van der Waals surface area (Å²) in [6.45, 7) is 2.53. The van der Waals surface area contributed by atoms with Gasteiger partial charge in [0, 0.05) is 18.1 Å². The predicted octanol–water partition coefficient (Wildman–Crippen LogP) is 1.33. The number of likely N-dealkylation sites (tertiary alicyclic amines) is 1. The van der Waals surface area contributed by atoms with E-state index in [1.165, 1.54) is 58.0 Å². The van der Waals surface area contributed by atoms with Crippen LogP contribution in [0.2, 0.25) is 0 Å². The number of rotatable bonds is 2. The number of hydrogen-bond acceptors (Lipinski definition) is 3. The first-order valence-electron chi connectivity index (χ1n) is 6.94. The first-order chi connectivity index (χ1) is 7.74. The molecule has 0 aromatic carbocycles. The van der Waals surface area contributed by atoms with Crippen LogP contribution in [0.3, 0.4) is 0 Å². The summed E-state index contributed by atoms with van der Waals surface area (Å²) in [7, 11) is 2.24. The van der Waals surface area contributed by atoms with Gasteiger partial charge in [0.25, 0.3) is 0 Å². The maximum absolute atomic E-state index is 5.94. The second-order valence-corrected chi connectivity index (χ2v) is 5.71. The van der Waals surface area contributed by atoms with E-state index in [1.54, 1.807) is 0 Å². The van der Waals surface area contributed by atoms with E-state index >= 15 is 0 Å². The van der Waals surface area contributed by atoms with Gasteiger partial charge in [0.05, 0.1) is 0 Å². The second-order valence-electron chi connectivity index (χ2n) is 5.71. The monoisotopic (exact) mass is 225 g/mol. The molecule has 3 heteroatoms. The summed E-state index contributed by atoms with van der Waals surface area (Å²) in [4.78, 5) is 2.46. The first kappa shape index (κ1) is 12.3. The van der Waals surface area contributed by atoms with Crippen LogP contribution in [0.25, 0.3) is 0 Å². The van der Waals surface area contributed by atoms with Crippen molar-refractivity contribution in [3.63, 3.8) is 0 Å². The third-order valence-electron chi connectivity index (χ3n) is 4.19. The zero-order valence-electron chi connectivity index (χ0n) is 10.6. The summed E-state index contributed by atoms with van der Waals surface area (Å²) >= 11 is 0. The molecule has 1 aliphatic carbocycles. The van der Waals surface area contributed by atoms with Crippen LogP contribution >= 0.6 is 0 Å². The SMILES string of the molecule is CN1CCCC(NC2CCC(N)CC2)CC1. The molecule has 0 spiro atoms. The number of nitrogens with two attached hydrogens (primary N) is 1. The molecule has 16 heavy (non-hydrogen) atoms. The van der Waals surface area contributed by atoms with Gasteiger partial charge in [-0.15, -0.1) is 0 Å². The summed E-state index contributed by atoms with van der Waals surface area (Å²) in [5.74, 6) is 0. The Kier molecular flexibility index (Phi) is 4.62. The van der Waals surface area contributed by atoms with Crippen LogP contribution in [0, 0.1) is 0 Å². The molecule has 1 aliphatic heterocycles. The average molecular weight is 225 g/mol. The van der Waals surface area contributed by atoms with Crippen molar-refractivity contribution in [3.05, 3.63) is 0 Å². The maximum atomic E-state index is 5.94. The van der Waals surface area contributed by atoms with Gasteiger partial charge in [0.2, 0.25) is 0 Å². The first-order valence-corrected chi connectivity index (χ1v) is 6.94. The summed E-state index contributed by atoms with van der Waals surface area (Å²) in [6, 6.07) is 1.97. The lowest BCUT2D eigenvalue weighted by Crippen LogP contribution is -2.43. The van der Waals surface area contributed by atoms with E-state index < -0.39 is 0 Å². The lowest BCUT2D eigenvalue weighted by Gasteiger charge is -2.30. The van der Waals surface area contributed by atoms with Crippen LogP contribution in [0.5, 0.6) is 0 Å². The molecule has 1 heterocycles. The van der Waals surface area contributed by atoms with Gasteiger partial charge in [-0.05, 0) is 65.1 Å². The molecule has 2 rings (SSSR count). The van der Waals surface area contributed by atoms with E-state index in [1.807, 2.05) is 0 Å². The lowest BCUT2D eigenvalue weighted by molar-refractivity contribution is 0.297. The highest BCUT2D eigenvalue weighted by Gasteiger charge is 2.22. The Balaban J connectivity index is 1.72. The van der Waals surface area contributed by atoms with Gasteiger partial charge in [-0.3, -0.25) is 0 Å². The van der Waals surface area contributed by atoms with Crippen LogP contribution in [-0.2, 0) is 0 Å². The molecule has 0 aromatic heterocycles. The van der Waals surface area contributed by atoms with Crippen LogP contribution in [0.1, 0.15) is 44.9 Å². The molecular formula is C13H27N3. The molecule has 0 amide bonds. The van der Waals surface area contributed by atoms with Crippen molar-refractivity contribution in [3.8, 4) is 0 Å². The maximum Gasteiger partial charge on any atom is 0.00823 e. The molecular weight excluding hydrogens is 198 g/mol. The van der Waals surface area contributed by atoms with E-state index in [0.29, 0.717) is 6.04 Å². The van der Waals surface area contributed by atoms with Gasteiger partial charge in [-0.25, -0.2) is 0 Å². The molecule has 0 aromatic rings. The van der Waals surface area contributed by atoms with Crippen LogP contribution in [0.4, 0.5) is 0 Å². The van der Waals surface area contributed by atoms with Crippen LogP contribution < -0.4 is 11.1 Å². The average Bonchev–Trinajstić information content (AvgIpc) is 2.47. The summed E-state index contributed by atoms with van der Waals surface area (Å²) in [6.07, 6.45) is 9.02. The Morgan fingerprint density at radius 2 is 1.62 bits per heavy atom. The third-order valence-corrected chi connectivity index (χ3v) is 4.19. The Labute approximate surface area is 99.8 Å². The zero-order chi connectivity index (χ0) is 11.4. The van der Waals surface area contributed by atoms with E-state index in [-0.39, 0.29) is 0 Å². The Hall–Kier alpha value is -0.120. The lowest BCUT2D eigenvalue weighted by atomic mass is 9.91. The van der Waals surface area contributed by atoms with E-state index in [9.17, 15) is 0 Å². The van der Waals surface area contributed by atoms with Gasteiger partial charge < -0.3 is 16.0 Å². The number of hydrogen-bond donors (Lipinski definition) is 2. The van der Waals surface area contributed by atoms with Crippen molar-refractivity contribution in [2.45, 2.75) is 63.1 Å². The van der Waals surface area contributed by atoms with Crippen molar-refractivity contribution in [1.29, 1.82) is 0 Å². The highest BCUT2D eigenvalue weighted by Crippen LogP contribution is 2.19. The molecule has 2 aliphatic rings. The van der Waals surface area contributed by atoms with Crippen LogP contribution in [-0.4, -0.2) is 43.2 Å². The minimum atomic E-state index is 0.471. The van der Waals surface area contributed by atoms with Gasteiger partial charge in [0.15, 0.2) is 0 Å². The second kappa shape index (κ2) is 5.99. The Morgan fingerprint density at radius 1 is 0.938 bits per heavy atom. The molecule has 0 radical (unpaired) electrons. The van der Waals surface area contributed by atoms with Gasteiger partial charge in [-0.2, -0.15) is 0 Å². The molecule has 1 atom stereocenters. The van der Waals surface area contributed by atoms with E-state index in [4.69, 9.17) is 5.73 Å². The molecule has 0 bridgehead atoms. The quantitative estimate of drug-likeness (QED) is 0.745. The molecule has 2 fully saturated rings. The fourth-order valence-corrected chi connectivity index (χ4v) is 3.03. The summed E-state index contributed by atoms with van der Waals surface area (Å²) in [5.41, 5.74) is 5.94. The van der Waals surface area contributed by atoms with E-state index in [0.717, 1.165) is 12.1 Å². The van der Waals surface area contributed by atoms with E-state index in [2.05, 4.69) is 17.3 Å². The molecule has 1 unspecified atom stereocenters. The van der Waals surface area contributed by atoms with Crippen molar-refractivity contribution >= 4 is 0 Å². The van der Waals surface area contributed by atoms with Crippen LogP contribution in [0.15, 0.2) is 0 Å². The van der Waals surface area contributed by atoms with Crippen molar-refractivity contribution < 1.29 is 0 Å². The van der Waals surface area contributed by atoms with Crippen molar-refractivity contribution in [2.24, 2.45) is 5.73 Å². The van der Waals surface area contributed by atoms with Crippen molar-refractivity contribution in [2.75, 3.05) is 20.1 Å².